The van der Waals surface area contributed by atoms with E-state index in [1.165, 1.54) is 29.2 Å². The molecule has 0 heterocycles. The highest BCUT2D eigenvalue weighted by molar-refractivity contribution is 6.25. The normalized spacial score (nSPS) is 25.4. The maximum Gasteiger partial charge on any atom is 0.417 e. The van der Waals surface area contributed by atoms with E-state index in [4.69, 9.17) is 10.5 Å². The average molecular weight is 568 g/mol. The molecular weight excluding hydrogens is 541 g/mol. The number of halogens is 1. The van der Waals surface area contributed by atoms with Crippen molar-refractivity contribution in [1.82, 2.24) is 4.90 Å². The number of hydrogen-bond donors (Lipinski definition) is 6. The van der Waals surface area contributed by atoms with Gasteiger partial charge in [-0.1, -0.05) is 6.07 Å². The van der Waals surface area contributed by atoms with Gasteiger partial charge in [0.1, 0.15) is 28.7 Å². The molecule has 0 aliphatic heterocycles. The molecule has 3 aliphatic carbocycles. The Labute approximate surface area is 232 Å². The number of aromatic hydroxyl groups is 1. The van der Waals surface area contributed by atoms with Crippen molar-refractivity contribution in [3.63, 3.8) is 0 Å². The van der Waals surface area contributed by atoms with E-state index < -0.39 is 75.7 Å². The van der Waals surface area contributed by atoms with Gasteiger partial charge < -0.3 is 30.9 Å². The Morgan fingerprint density at radius 3 is 2.37 bits per heavy atom. The molecule has 3 aliphatic rings. The number of phenolic OH excluding ortho intramolecular Hbond substituents is 1. The summed E-state index contributed by atoms with van der Waals surface area (Å²) in [5.41, 5.74) is 1.24. The maximum atomic E-state index is 13.7. The number of nitrogens with two attached hydrogens (primary N) is 1. The van der Waals surface area contributed by atoms with Crippen LogP contribution in [0.3, 0.4) is 0 Å². The van der Waals surface area contributed by atoms with Crippen LogP contribution in [-0.2, 0) is 16.0 Å². The number of ketones is 2. The van der Waals surface area contributed by atoms with Crippen LogP contribution in [0.15, 0.2) is 59.1 Å². The number of carbonyl (C=O) groups excluding carboxylic acids is 4. The van der Waals surface area contributed by atoms with Gasteiger partial charge in [-0.25, -0.2) is 9.18 Å². The number of Topliss-reactive ketones (excluding diaryl/α,β-unsaturated/α-hetero) is 2. The number of carbonyl (C=O) groups is 4. The first-order chi connectivity index (χ1) is 19.3. The number of allylic oxidation sites excluding steroid dienone is 1. The van der Waals surface area contributed by atoms with Crippen molar-refractivity contribution in [2.45, 2.75) is 24.5 Å². The molecule has 0 saturated heterocycles. The van der Waals surface area contributed by atoms with Crippen LogP contribution in [-0.4, -0.2) is 74.6 Å². The SMILES string of the molecule is CN(C)[C@@H]1C(O)=C(C(N)=O)C(=O)[C@@]2(O)C(O)=C3C(=O)c4c(ccc(NC(=O)Oc5ccc(F)cc5)c4O)C[C@@H]3C[C@@H]12. The fourth-order valence-electron chi connectivity index (χ4n) is 6.07. The van der Waals surface area contributed by atoms with Crippen LogP contribution in [0.2, 0.25) is 0 Å². The molecule has 7 N–H and O–H groups in total. The highest BCUT2D eigenvalue weighted by atomic mass is 19.1. The van der Waals surface area contributed by atoms with Crippen LogP contribution in [0.5, 0.6) is 11.5 Å². The van der Waals surface area contributed by atoms with Gasteiger partial charge in [0.05, 0.1) is 17.3 Å². The maximum absolute atomic E-state index is 13.7. The second kappa shape index (κ2) is 9.71. The van der Waals surface area contributed by atoms with Gasteiger partial charge in [0.15, 0.2) is 17.1 Å². The molecular formula is C28H26FN3O9. The van der Waals surface area contributed by atoms with Gasteiger partial charge in [0.2, 0.25) is 5.78 Å². The number of phenols is 1. The molecule has 12 nitrogen and oxygen atoms in total. The average Bonchev–Trinajstić information content (AvgIpc) is 2.89. The highest BCUT2D eigenvalue weighted by Gasteiger charge is 2.63. The molecule has 2 aromatic rings. The van der Waals surface area contributed by atoms with Gasteiger partial charge >= 0.3 is 6.09 Å². The zero-order valence-corrected chi connectivity index (χ0v) is 21.8. The fraction of sp³-hybridized carbons (Fsp3) is 0.286. The Morgan fingerprint density at radius 1 is 1.10 bits per heavy atom. The topological polar surface area (TPSA) is 200 Å². The van der Waals surface area contributed by atoms with Crippen molar-refractivity contribution >= 4 is 29.3 Å². The van der Waals surface area contributed by atoms with Gasteiger partial charge in [-0.15, -0.1) is 0 Å². The van der Waals surface area contributed by atoms with Crippen LogP contribution >= 0.6 is 0 Å². The molecule has 0 bridgehead atoms. The van der Waals surface area contributed by atoms with Gasteiger partial charge in [-0.05, 0) is 68.8 Å². The van der Waals surface area contributed by atoms with Crippen LogP contribution in [0.1, 0.15) is 22.3 Å². The number of aliphatic hydroxyl groups excluding tert-OH is 2. The molecule has 0 saturated carbocycles. The van der Waals surface area contributed by atoms with Crippen molar-refractivity contribution in [2.75, 3.05) is 19.4 Å². The third-order valence-corrected chi connectivity index (χ3v) is 7.86. The predicted octanol–water partition coefficient (Wildman–Crippen LogP) is 1.87. The lowest BCUT2D eigenvalue weighted by molar-refractivity contribution is -0.148. The van der Waals surface area contributed by atoms with Crippen molar-refractivity contribution in [1.29, 1.82) is 0 Å². The largest absolute Gasteiger partial charge is 0.510 e. The first kappa shape index (κ1) is 27.8. The molecule has 5 rings (SSSR count). The number of aliphatic hydroxyl groups is 3. The number of nitrogens with zero attached hydrogens (tertiary/aromatic N) is 1. The molecule has 0 unspecified atom stereocenters. The zero-order valence-electron chi connectivity index (χ0n) is 21.8. The molecule has 0 aromatic heterocycles. The molecule has 2 aromatic carbocycles. The van der Waals surface area contributed by atoms with Crippen LogP contribution in [0.4, 0.5) is 14.9 Å². The Bertz CT molecular complexity index is 1580. The molecule has 13 heteroatoms. The Morgan fingerprint density at radius 2 is 1.76 bits per heavy atom. The second-order valence-electron chi connectivity index (χ2n) is 10.4. The summed E-state index contributed by atoms with van der Waals surface area (Å²) in [6.45, 7) is 0. The van der Waals surface area contributed by atoms with E-state index in [0.717, 1.165) is 12.1 Å². The summed E-state index contributed by atoms with van der Waals surface area (Å²) in [6.07, 6.45) is -0.989. The van der Waals surface area contributed by atoms with E-state index in [9.17, 15) is 44.0 Å². The zero-order chi connectivity index (χ0) is 30.0. The van der Waals surface area contributed by atoms with E-state index in [1.54, 1.807) is 14.1 Å². The number of benzene rings is 2. The third-order valence-electron chi connectivity index (χ3n) is 7.86. The Balaban J connectivity index is 1.53. The van der Waals surface area contributed by atoms with E-state index in [1.807, 2.05) is 0 Å². The van der Waals surface area contributed by atoms with Crippen LogP contribution in [0.25, 0.3) is 0 Å². The quantitative estimate of drug-likeness (QED) is 0.234. The first-order valence-electron chi connectivity index (χ1n) is 12.5. The minimum Gasteiger partial charge on any atom is -0.510 e. The number of anilines is 1. The lowest BCUT2D eigenvalue weighted by atomic mass is 9.58. The van der Waals surface area contributed by atoms with Crippen LogP contribution < -0.4 is 15.8 Å². The lowest BCUT2D eigenvalue weighted by Gasteiger charge is -2.50. The van der Waals surface area contributed by atoms with Gasteiger partial charge in [0.25, 0.3) is 5.91 Å². The highest BCUT2D eigenvalue weighted by Crippen LogP contribution is 2.52. The predicted molar refractivity (Wildman–Crippen MR) is 140 cm³/mol. The minimum absolute atomic E-state index is 0.0175. The lowest BCUT2D eigenvalue weighted by Crippen LogP contribution is -2.63. The summed E-state index contributed by atoms with van der Waals surface area (Å²) in [7, 11) is 3.09. The molecule has 0 spiro atoms. The summed E-state index contributed by atoms with van der Waals surface area (Å²) in [4.78, 5) is 53.0. The van der Waals surface area contributed by atoms with Crippen molar-refractivity contribution in [3.05, 3.63) is 76.0 Å². The number of rotatable bonds is 4. The molecule has 214 valence electrons. The van der Waals surface area contributed by atoms with E-state index in [0.29, 0.717) is 5.56 Å². The number of hydrogen-bond acceptors (Lipinski definition) is 10. The summed E-state index contributed by atoms with van der Waals surface area (Å²) in [6, 6.07) is 6.35. The number of likely N-dealkylation sites (N-methyl/N-ethyl adjacent to an activating group) is 1. The molecule has 0 radical (unpaired) electrons. The summed E-state index contributed by atoms with van der Waals surface area (Å²) in [5, 5.41) is 47.0. The number of ether oxygens (including phenoxy) is 1. The summed E-state index contributed by atoms with van der Waals surface area (Å²) in [5.74, 6) is -8.22. The molecule has 2 amide bonds. The van der Waals surface area contributed by atoms with Crippen molar-refractivity contribution in [3.8, 4) is 11.5 Å². The first-order valence-corrected chi connectivity index (χ1v) is 12.5. The van der Waals surface area contributed by atoms with Gasteiger partial charge in [-0.2, -0.15) is 0 Å². The minimum atomic E-state index is -2.75. The third kappa shape index (κ3) is 4.21. The van der Waals surface area contributed by atoms with E-state index in [2.05, 4.69) is 5.32 Å². The monoisotopic (exact) mass is 567 g/mol. The molecule has 0 fully saturated rings. The van der Waals surface area contributed by atoms with Crippen molar-refractivity contribution < 1.29 is 48.7 Å². The van der Waals surface area contributed by atoms with E-state index >= 15 is 0 Å². The molecule has 4 atom stereocenters. The number of primary amides is 1. The smallest absolute Gasteiger partial charge is 0.417 e. The standard InChI is InChI=1S/C28H26FN3O9/c1-32(2)20-15-10-12-9-11-3-8-16(31-27(39)41-14-6-4-13(29)5-7-14)21(33)17(11)22(34)18(12)24(36)28(15,40)25(37)19(23(20)35)26(30)38/h3-8,12,15,20,33,35-36,40H,9-10H2,1-2H3,(H2,30,38)(H,31,39)/t12-,15+,20+,28+/m1/s1. The summed E-state index contributed by atoms with van der Waals surface area (Å²) >= 11 is 0. The van der Waals surface area contributed by atoms with E-state index in [-0.39, 0.29) is 35.4 Å². The fourth-order valence-corrected chi connectivity index (χ4v) is 6.07. The Kier molecular flexibility index (Phi) is 6.59. The van der Waals surface area contributed by atoms with Gasteiger partial charge in [0, 0.05) is 11.5 Å². The number of nitrogens with one attached hydrogen (secondary N) is 1. The number of amides is 2. The van der Waals surface area contributed by atoms with Crippen molar-refractivity contribution in [2.24, 2.45) is 17.6 Å². The van der Waals surface area contributed by atoms with Crippen LogP contribution in [0, 0.1) is 17.7 Å². The number of fused-ring (bicyclic) bond motifs is 3. The molecule has 41 heavy (non-hydrogen) atoms. The van der Waals surface area contributed by atoms with Gasteiger partial charge in [-0.3, -0.25) is 24.6 Å². The Hall–Kier alpha value is -4.75. The summed E-state index contributed by atoms with van der Waals surface area (Å²) < 4.78 is 18.2. The second-order valence-corrected chi connectivity index (χ2v) is 10.4.